The zero-order valence-corrected chi connectivity index (χ0v) is 12.7. The van der Waals surface area contributed by atoms with Crippen molar-refractivity contribution in [3.63, 3.8) is 0 Å². The predicted molar refractivity (Wildman–Crippen MR) is 78.2 cm³/mol. The molecule has 7 heteroatoms. The number of likely N-dealkylation sites (tertiary alicyclic amines) is 1. The largest absolute Gasteiger partial charge is 0.372 e. The summed E-state index contributed by atoms with van der Waals surface area (Å²) in [5.41, 5.74) is 0. The Morgan fingerprint density at radius 2 is 2.00 bits per heavy atom. The van der Waals surface area contributed by atoms with Crippen LogP contribution in [-0.4, -0.2) is 47.0 Å². The first-order chi connectivity index (χ1) is 9.13. The van der Waals surface area contributed by atoms with E-state index in [1.165, 1.54) is 6.33 Å². The molecule has 1 aromatic rings. The molecular weight excluding hydrogens is 310 g/mol. The van der Waals surface area contributed by atoms with Gasteiger partial charge in [-0.3, -0.25) is 4.79 Å². The molecule has 1 amide bonds. The summed E-state index contributed by atoms with van der Waals surface area (Å²) >= 11 is 3.43. The van der Waals surface area contributed by atoms with Gasteiger partial charge in [0.05, 0.1) is 0 Å². The average molecular weight is 328 g/mol. The van der Waals surface area contributed by atoms with Gasteiger partial charge in [-0.1, -0.05) is 0 Å². The smallest absolute Gasteiger partial charge is 0.244 e. The molecule has 19 heavy (non-hydrogen) atoms. The van der Waals surface area contributed by atoms with Crippen LogP contribution in [-0.2, 0) is 4.79 Å². The van der Waals surface area contributed by atoms with E-state index in [4.69, 9.17) is 0 Å². The van der Waals surface area contributed by atoms with Crippen molar-refractivity contribution in [1.82, 2.24) is 14.9 Å². The van der Waals surface area contributed by atoms with Crippen LogP contribution < -0.4 is 10.6 Å². The SMILES string of the molecule is CNc1ncnc(NC(C)C(=O)N2CCCC2)c1Br. The van der Waals surface area contributed by atoms with Crippen molar-refractivity contribution in [3.8, 4) is 0 Å². The van der Waals surface area contributed by atoms with E-state index in [1.807, 2.05) is 11.8 Å². The van der Waals surface area contributed by atoms with Gasteiger partial charge in [-0.2, -0.15) is 0 Å². The number of rotatable bonds is 4. The molecule has 0 aliphatic carbocycles. The molecule has 0 radical (unpaired) electrons. The van der Waals surface area contributed by atoms with Gasteiger partial charge in [-0.15, -0.1) is 0 Å². The molecule has 1 aliphatic heterocycles. The van der Waals surface area contributed by atoms with Crippen LogP contribution in [0, 0.1) is 0 Å². The molecule has 1 fully saturated rings. The Kier molecular flexibility index (Phi) is 4.57. The fraction of sp³-hybridized carbons (Fsp3) is 0.583. The van der Waals surface area contributed by atoms with E-state index in [9.17, 15) is 4.79 Å². The summed E-state index contributed by atoms with van der Waals surface area (Å²) in [6.45, 7) is 3.57. The molecular formula is C12H18BrN5O. The quantitative estimate of drug-likeness (QED) is 0.880. The summed E-state index contributed by atoms with van der Waals surface area (Å²) in [6, 6.07) is -0.297. The first-order valence-electron chi connectivity index (χ1n) is 6.37. The predicted octanol–water partition coefficient (Wildman–Crippen LogP) is 1.70. The Labute approximate surface area is 121 Å². The Bertz CT molecular complexity index is 461. The highest BCUT2D eigenvalue weighted by Crippen LogP contribution is 2.26. The van der Waals surface area contributed by atoms with Crippen molar-refractivity contribution in [1.29, 1.82) is 0 Å². The Hall–Kier alpha value is -1.37. The van der Waals surface area contributed by atoms with Crippen LogP contribution >= 0.6 is 15.9 Å². The normalized spacial score (nSPS) is 16.3. The molecule has 2 heterocycles. The lowest BCUT2D eigenvalue weighted by Crippen LogP contribution is -2.39. The topological polar surface area (TPSA) is 70.1 Å². The fourth-order valence-electron chi connectivity index (χ4n) is 2.12. The molecule has 0 spiro atoms. The van der Waals surface area contributed by atoms with E-state index < -0.39 is 0 Å². The third kappa shape index (κ3) is 3.15. The fourth-order valence-corrected chi connectivity index (χ4v) is 2.64. The van der Waals surface area contributed by atoms with Crippen LogP contribution in [0.3, 0.4) is 0 Å². The number of halogens is 1. The average Bonchev–Trinajstić information content (AvgIpc) is 2.94. The molecule has 6 nitrogen and oxygen atoms in total. The van der Waals surface area contributed by atoms with Crippen molar-refractivity contribution in [2.24, 2.45) is 0 Å². The lowest BCUT2D eigenvalue weighted by atomic mass is 10.3. The second kappa shape index (κ2) is 6.18. The minimum atomic E-state index is -0.297. The molecule has 2 rings (SSSR count). The summed E-state index contributed by atoms with van der Waals surface area (Å²) in [6.07, 6.45) is 3.66. The zero-order valence-electron chi connectivity index (χ0n) is 11.1. The van der Waals surface area contributed by atoms with Gasteiger partial charge in [0.25, 0.3) is 0 Å². The molecule has 0 saturated carbocycles. The van der Waals surface area contributed by atoms with Gasteiger partial charge in [-0.25, -0.2) is 9.97 Å². The highest BCUT2D eigenvalue weighted by atomic mass is 79.9. The minimum absolute atomic E-state index is 0.119. The van der Waals surface area contributed by atoms with Crippen LogP contribution in [0.25, 0.3) is 0 Å². The second-order valence-electron chi connectivity index (χ2n) is 4.53. The summed E-state index contributed by atoms with van der Waals surface area (Å²) < 4.78 is 0.735. The van der Waals surface area contributed by atoms with Gasteiger partial charge in [0, 0.05) is 20.1 Å². The monoisotopic (exact) mass is 327 g/mol. The Morgan fingerprint density at radius 1 is 1.37 bits per heavy atom. The zero-order chi connectivity index (χ0) is 13.8. The van der Waals surface area contributed by atoms with Crippen molar-refractivity contribution in [3.05, 3.63) is 10.8 Å². The highest BCUT2D eigenvalue weighted by molar-refractivity contribution is 9.10. The van der Waals surface area contributed by atoms with E-state index in [0.29, 0.717) is 11.6 Å². The standard InChI is InChI=1S/C12H18BrN5O/c1-8(12(19)18-5-3-4-6-18)17-11-9(13)10(14-2)15-7-16-11/h7-8H,3-6H2,1-2H3,(H2,14,15,16,17). The van der Waals surface area contributed by atoms with Crippen LogP contribution in [0.2, 0.25) is 0 Å². The van der Waals surface area contributed by atoms with E-state index in [-0.39, 0.29) is 11.9 Å². The minimum Gasteiger partial charge on any atom is -0.372 e. The van der Waals surface area contributed by atoms with Gasteiger partial charge in [0.1, 0.15) is 28.5 Å². The van der Waals surface area contributed by atoms with Gasteiger partial charge in [0.15, 0.2) is 0 Å². The number of anilines is 2. The van der Waals surface area contributed by atoms with Crippen molar-refractivity contribution < 1.29 is 4.79 Å². The van der Waals surface area contributed by atoms with Crippen LogP contribution in [0.15, 0.2) is 10.8 Å². The van der Waals surface area contributed by atoms with Gasteiger partial charge < -0.3 is 15.5 Å². The summed E-state index contributed by atoms with van der Waals surface area (Å²) in [5.74, 6) is 1.44. The van der Waals surface area contributed by atoms with Crippen molar-refractivity contribution in [2.45, 2.75) is 25.8 Å². The third-order valence-corrected chi connectivity index (χ3v) is 3.92. The maximum absolute atomic E-state index is 12.2. The molecule has 2 N–H and O–H groups in total. The van der Waals surface area contributed by atoms with Gasteiger partial charge in [0.2, 0.25) is 5.91 Å². The number of hydrogen-bond donors (Lipinski definition) is 2. The summed E-state index contributed by atoms with van der Waals surface area (Å²) in [4.78, 5) is 22.3. The number of carbonyl (C=O) groups is 1. The highest BCUT2D eigenvalue weighted by Gasteiger charge is 2.24. The number of hydrogen-bond acceptors (Lipinski definition) is 5. The molecule has 0 bridgehead atoms. The first-order valence-corrected chi connectivity index (χ1v) is 7.16. The first kappa shape index (κ1) is 14.0. The lowest BCUT2D eigenvalue weighted by molar-refractivity contribution is -0.130. The molecule has 1 aromatic heterocycles. The van der Waals surface area contributed by atoms with Crippen LogP contribution in [0.1, 0.15) is 19.8 Å². The molecule has 104 valence electrons. The van der Waals surface area contributed by atoms with E-state index in [1.54, 1.807) is 7.05 Å². The van der Waals surface area contributed by atoms with E-state index in [0.717, 1.165) is 30.4 Å². The van der Waals surface area contributed by atoms with Gasteiger partial charge in [-0.05, 0) is 35.7 Å². The number of nitrogens with one attached hydrogen (secondary N) is 2. The molecule has 0 aromatic carbocycles. The maximum atomic E-state index is 12.2. The van der Waals surface area contributed by atoms with Crippen molar-refractivity contribution >= 4 is 33.5 Å². The Morgan fingerprint density at radius 3 is 2.63 bits per heavy atom. The lowest BCUT2D eigenvalue weighted by Gasteiger charge is -2.22. The van der Waals surface area contributed by atoms with E-state index >= 15 is 0 Å². The van der Waals surface area contributed by atoms with Gasteiger partial charge >= 0.3 is 0 Å². The third-order valence-electron chi connectivity index (χ3n) is 3.17. The molecule has 1 unspecified atom stereocenters. The number of carbonyl (C=O) groups excluding carboxylic acids is 1. The van der Waals surface area contributed by atoms with E-state index in [2.05, 4.69) is 36.5 Å². The summed E-state index contributed by atoms with van der Waals surface area (Å²) in [5, 5.41) is 6.09. The number of amides is 1. The molecule has 1 saturated heterocycles. The van der Waals surface area contributed by atoms with Crippen molar-refractivity contribution in [2.75, 3.05) is 30.8 Å². The molecule has 1 aliphatic rings. The van der Waals surface area contributed by atoms with Crippen LogP contribution in [0.5, 0.6) is 0 Å². The summed E-state index contributed by atoms with van der Waals surface area (Å²) in [7, 11) is 1.79. The maximum Gasteiger partial charge on any atom is 0.244 e. The number of aromatic nitrogens is 2. The van der Waals surface area contributed by atoms with Crippen LogP contribution in [0.4, 0.5) is 11.6 Å². The molecule has 1 atom stereocenters. The Balaban J connectivity index is 2.06. The number of nitrogens with zero attached hydrogens (tertiary/aromatic N) is 3. The second-order valence-corrected chi connectivity index (χ2v) is 5.33.